The van der Waals surface area contributed by atoms with E-state index in [9.17, 15) is 45.4 Å². The highest BCUT2D eigenvalue weighted by Gasteiger charge is 2.52. The van der Waals surface area contributed by atoms with E-state index in [4.69, 9.17) is 23.7 Å². The highest BCUT2D eigenvalue weighted by Crippen LogP contribution is 2.39. The predicted octanol–water partition coefficient (Wildman–Crippen LogP) is 2.65. The molecule has 12 atom stereocenters. The number of nitro benzene ring substituents is 2. The van der Waals surface area contributed by atoms with Crippen LogP contribution in [0.1, 0.15) is 34.6 Å². The molecule has 0 unspecified atom stereocenters. The van der Waals surface area contributed by atoms with Crippen molar-refractivity contribution in [1.29, 1.82) is 0 Å². The van der Waals surface area contributed by atoms with Crippen molar-refractivity contribution in [1.82, 2.24) is 10.2 Å². The number of aliphatic imine (C=N–C) groups is 2. The summed E-state index contributed by atoms with van der Waals surface area (Å²) in [7, 11) is 3.14. The SMILES string of the molecule is CN=C1N[C@@H]2[C@@H](O)[C@H](O)[C@@H]([C@H](C)Oc3ccc([N+](=O)[O-])cc3)O[C@@H]2S1.C[C@H](Oc1ccc([N+](=O)[O-])cc1)[C@H]1O[C@@H]2SC(N(C)C(=O)OC(C)(C)C)=N[C@@H]2[C@@H](O)[C@@H]1O. The van der Waals surface area contributed by atoms with Crippen LogP contribution in [-0.2, 0) is 14.2 Å². The van der Waals surface area contributed by atoms with Gasteiger partial charge in [-0.2, -0.15) is 0 Å². The van der Waals surface area contributed by atoms with E-state index in [0.717, 1.165) is 11.8 Å². The first-order valence-corrected chi connectivity index (χ1v) is 19.5. The summed E-state index contributed by atoms with van der Waals surface area (Å²) in [4.78, 5) is 42.4. The largest absolute Gasteiger partial charge is 0.488 e. The van der Waals surface area contributed by atoms with Crippen LogP contribution in [0.4, 0.5) is 16.2 Å². The summed E-state index contributed by atoms with van der Waals surface area (Å²) in [6.07, 6.45) is -8.20. The van der Waals surface area contributed by atoms with E-state index in [-0.39, 0.29) is 16.8 Å². The summed E-state index contributed by atoms with van der Waals surface area (Å²) in [6.45, 7) is 8.63. The van der Waals surface area contributed by atoms with Crippen LogP contribution >= 0.6 is 23.5 Å². The summed E-state index contributed by atoms with van der Waals surface area (Å²) < 4.78 is 28.7. The molecule has 2 aromatic rings. The molecule has 2 aromatic carbocycles. The van der Waals surface area contributed by atoms with Gasteiger partial charge in [-0.1, -0.05) is 23.5 Å². The highest BCUT2D eigenvalue weighted by atomic mass is 32.2. The van der Waals surface area contributed by atoms with Gasteiger partial charge < -0.3 is 49.4 Å². The summed E-state index contributed by atoms with van der Waals surface area (Å²) in [6, 6.07) is 9.95. The Morgan fingerprint density at radius 2 is 1.32 bits per heavy atom. The Balaban J connectivity index is 0.000000224. The number of amidine groups is 2. The highest BCUT2D eigenvalue weighted by molar-refractivity contribution is 8.14. The quantitative estimate of drug-likeness (QED) is 0.189. The van der Waals surface area contributed by atoms with Crippen molar-refractivity contribution in [3.05, 3.63) is 68.8 Å². The van der Waals surface area contributed by atoms with Crippen LogP contribution in [0, 0.1) is 20.2 Å². The molecule has 0 radical (unpaired) electrons. The van der Waals surface area contributed by atoms with E-state index in [1.807, 2.05) is 0 Å². The number of carbonyl (C=O) groups excluding carboxylic acids is 1. The molecule has 4 aliphatic rings. The van der Waals surface area contributed by atoms with Crippen molar-refractivity contribution >= 4 is 51.3 Å². The zero-order chi connectivity index (χ0) is 41.9. The van der Waals surface area contributed by atoms with Gasteiger partial charge in [-0.3, -0.25) is 35.1 Å². The number of carbonyl (C=O) groups is 1. The first-order chi connectivity index (χ1) is 26.8. The molecule has 22 heteroatoms. The van der Waals surface area contributed by atoms with Crippen molar-refractivity contribution in [2.75, 3.05) is 14.1 Å². The van der Waals surface area contributed by atoms with Gasteiger partial charge in [0.05, 0.1) is 15.9 Å². The van der Waals surface area contributed by atoms with E-state index >= 15 is 0 Å². The van der Waals surface area contributed by atoms with Gasteiger partial charge in [0.15, 0.2) is 10.3 Å². The lowest BCUT2D eigenvalue weighted by Crippen LogP contribution is -2.61. The lowest BCUT2D eigenvalue weighted by Gasteiger charge is -2.41. The van der Waals surface area contributed by atoms with E-state index < -0.39 is 87.9 Å². The zero-order valence-electron chi connectivity index (χ0n) is 32.0. The molecule has 57 heavy (non-hydrogen) atoms. The van der Waals surface area contributed by atoms with Crippen LogP contribution in [-0.4, -0.2) is 143 Å². The fraction of sp³-hybridized carbons (Fsp3) is 0.571. The van der Waals surface area contributed by atoms with Crippen LogP contribution in [0.2, 0.25) is 0 Å². The van der Waals surface area contributed by atoms with E-state index in [1.54, 1.807) is 41.7 Å². The molecular weight excluding hydrogens is 793 g/mol. The molecule has 4 heterocycles. The van der Waals surface area contributed by atoms with E-state index in [0.29, 0.717) is 21.8 Å². The second-order valence-electron chi connectivity index (χ2n) is 14.4. The molecule has 1 amide bonds. The van der Waals surface area contributed by atoms with Gasteiger partial charge in [0, 0.05) is 38.4 Å². The normalized spacial score (nSPS) is 30.9. The number of thioether (sulfide) groups is 2. The number of hydrogen-bond acceptors (Lipinski definition) is 18. The summed E-state index contributed by atoms with van der Waals surface area (Å²) >= 11 is 2.49. The molecule has 3 saturated heterocycles. The number of non-ortho nitro benzene ring substituents is 2. The average molecular weight is 839 g/mol. The standard InChI is InChI=1S/C20H27N3O8S.C15H19N3O6S/c1-10(29-12-8-6-11(7-9-12)23(27)28)16-15(25)14(24)13-17(30-16)32-18(21-13)22(5)19(26)31-20(2,3)4;1-7(23-9-5-3-8(4-6-9)18(21)22)13-12(20)11(19)10-14(24-13)25-15(16-2)17-10/h6-10,13-17,24-25H,1-5H3;3-7,10-14,19-20H,1-2H3,(H,16,17)/t10-,13+,14+,15-,16+,17+;7-,10+,11+,12-,13+,14+/m00/s1. The number of aliphatic hydroxyl groups is 4. The monoisotopic (exact) mass is 838 g/mol. The maximum Gasteiger partial charge on any atom is 0.416 e. The third-order valence-corrected chi connectivity index (χ3v) is 11.4. The van der Waals surface area contributed by atoms with Crippen LogP contribution in [0.5, 0.6) is 11.5 Å². The van der Waals surface area contributed by atoms with Crippen LogP contribution in [0.3, 0.4) is 0 Å². The van der Waals surface area contributed by atoms with Crippen molar-refractivity contribution in [2.24, 2.45) is 9.98 Å². The summed E-state index contributed by atoms with van der Waals surface area (Å²) in [5.41, 5.74) is -1.80. The number of hydrogen-bond donors (Lipinski definition) is 5. The van der Waals surface area contributed by atoms with Gasteiger partial charge in [0.1, 0.15) is 82.8 Å². The number of benzene rings is 2. The molecule has 0 bridgehead atoms. The minimum Gasteiger partial charge on any atom is -0.488 e. The number of nitrogens with zero attached hydrogens (tertiary/aromatic N) is 5. The van der Waals surface area contributed by atoms with Crippen molar-refractivity contribution in [2.45, 2.75) is 112 Å². The molecule has 0 spiro atoms. The molecule has 6 rings (SSSR count). The second-order valence-corrected chi connectivity index (χ2v) is 16.6. The van der Waals surface area contributed by atoms with Crippen LogP contribution in [0.25, 0.3) is 0 Å². The van der Waals surface area contributed by atoms with Gasteiger partial charge in [-0.05, 0) is 58.9 Å². The number of nitrogens with one attached hydrogen (secondary N) is 1. The topological polar surface area (TPSA) is 270 Å². The fourth-order valence-electron chi connectivity index (χ4n) is 6.12. The Hall–Kier alpha value is -4.29. The van der Waals surface area contributed by atoms with Gasteiger partial charge in [0.2, 0.25) is 0 Å². The number of aliphatic hydroxyl groups excluding tert-OH is 4. The molecule has 0 saturated carbocycles. The molecule has 5 N–H and O–H groups in total. The maximum atomic E-state index is 12.3. The molecule has 0 aromatic heterocycles. The average Bonchev–Trinajstić information content (AvgIpc) is 3.79. The smallest absolute Gasteiger partial charge is 0.416 e. The third kappa shape index (κ3) is 10.4. The van der Waals surface area contributed by atoms with E-state index in [2.05, 4.69) is 15.3 Å². The Labute approximate surface area is 335 Å². The van der Waals surface area contributed by atoms with Crippen LogP contribution < -0.4 is 14.8 Å². The number of amides is 1. The van der Waals surface area contributed by atoms with Crippen molar-refractivity contribution < 1.29 is 58.8 Å². The van der Waals surface area contributed by atoms with Gasteiger partial charge in [-0.25, -0.2) is 4.79 Å². The summed E-state index contributed by atoms with van der Waals surface area (Å²) in [5, 5.41) is 67.4. The molecule has 3 fully saturated rings. The minimum absolute atomic E-state index is 0.0352. The third-order valence-electron chi connectivity index (χ3n) is 9.07. The predicted molar refractivity (Wildman–Crippen MR) is 208 cm³/mol. The van der Waals surface area contributed by atoms with Crippen molar-refractivity contribution in [3.8, 4) is 11.5 Å². The molecule has 0 aliphatic carbocycles. The first-order valence-electron chi connectivity index (χ1n) is 17.7. The lowest BCUT2D eigenvalue weighted by atomic mass is 9.95. The van der Waals surface area contributed by atoms with E-state index in [1.165, 1.54) is 72.2 Å². The number of rotatable bonds is 8. The zero-order valence-corrected chi connectivity index (χ0v) is 33.6. The number of ether oxygens (including phenoxy) is 5. The Morgan fingerprint density at radius 3 is 1.77 bits per heavy atom. The molecule has 312 valence electrons. The van der Waals surface area contributed by atoms with Gasteiger partial charge in [-0.15, -0.1) is 0 Å². The lowest BCUT2D eigenvalue weighted by molar-refractivity contribution is -0.385. The summed E-state index contributed by atoms with van der Waals surface area (Å²) in [5.74, 6) is 0.773. The molecule has 20 nitrogen and oxygen atoms in total. The molecule has 4 aliphatic heterocycles. The van der Waals surface area contributed by atoms with Gasteiger partial charge in [0.25, 0.3) is 11.4 Å². The second kappa shape index (κ2) is 18.1. The first kappa shape index (κ1) is 43.8. The Kier molecular flexibility index (Phi) is 13.9. The van der Waals surface area contributed by atoms with Gasteiger partial charge >= 0.3 is 6.09 Å². The fourth-order valence-corrected chi connectivity index (χ4v) is 8.38. The maximum absolute atomic E-state index is 12.3. The molecular formula is C35H46N6O14S2. The number of nitro groups is 2. The Bertz CT molecular complexity index is 1820. The van der Waals surface area contributed by atoms with Crippen LogP contribution in [0.15, 0.2) is 58.5 Å². The number of fused-ring (bicyclic) bond motifs is 2. The minimum atomic E-state index is -1.29. The Morgan fingerprint density at radius 1 is 0.842 bits per heavy atom. The van der Waals surface area contributed by atoms with Crippen molar-refractivity contribution in [3.63, 3.8) is 0 Å².